The third kappa shape index (κ3) is 4.18. The highest BCUT2D eigenvalue weighted by atomic mass is 15.1. The Morgan fingerprint density at radius 2 is 2.00 bits per heavy atom. The fourth-order valence-electron chi connectivity index (χ4n) is 1.02. The summed E-state index contributed by atoms with van der Waals surface area (Å²) in [6.45, 7) is 5.57. The molecule has 0 saturated carbocycles. The van der Waals surface area contributed by atoms with Gasteiger partial charge in [0.25, 0.3) is 0 Å². The molecule has 0 aliphatic carbocycles. The van der Waals surface area contributed by atoms with Crippen molar-refractivity contribution in [3.05, 3.63) is 66.9 Å². The number of rotatable bonds is 4. The Kier molecular flexibility index (Phi) is 4.81. The molecule has 0 unspecified atom stereocenters. The zero-order valence-corrected chi connectivity index (χ0v) is 8.80. The Bertz CT molecular complexity index is 386. The van der Waals surface area contributed by atoms with E-state index in [1.54, 1.807) is 6.08 Å². The second kappa shape index (κ2) is 6.49. The molecule has 0 atom stereocenters. The van der Waals surface area contributed by atoms with Gasteiger partial charge in [0.15, 0.2) is 0 Å². The Morgan fingerprint density at radius 1 is 1.27 bits per heavy atom. The van der Waals surface area contributed by atoms with Crippen LogP contribution in [0.2, 0.25) is 0 Å². The third-order valence-electron chi connectivity index (χ3n) is 1.66. The van der Waals surface area contributed by atoms with Crippen LogP contribution >= 0.6 is 0 Å². The van der Waals surface area contributed by atoms with Crippen molar-refractivity contribution in [2.75, 3.05) is 0 Å². The van der Waals surface area contributed by atoms with Crippen LogP contribution in [0.5, 0.6) is 0 Å². The van der Waals surface area contributed by atoms with Gasteiger partial charge in [-0.2, -0.15) is 10.2 Å². The highest BCUT2D eigenvalue weighted by Gasteiger charge is 1.87. The molecule has 1 aromatic rings. The predicted molar refractivity (Wildman–Crippen MR) is 64.1 cm³/mol. The van der Waals surface area contributed by atoms with E-state index in [-0.39, 0.29) is 0 Å². The molecule has 1 aromatic carbocycles. The molecule has 0 saturated heterocycles. The monoisotopic (exact) mass is 198 g/mol. The van der Waals surface area contributed by atoms with E-state index in [0.29, 0.717) is 0 Å². The number of nitrogens with zero attached hydrogens (tertiary/aromatic N) is 2. The summed E-state index contributed by atoms with van der Waals surface area (Å²) in [6.07, 6.45) is 7.30. The zero-order valence-electron chi connectivity index (χ0n) is 8.80. The molecule has 0 spiro atoms. The van der Waals surface area contributed by atoms with Gasteiger partial charge in [-0.1, -0.05) is 36.9 Å². The Balaban J connectivity index is 2.79. The van der Waals surface area contributed by atoms with Gasteiger partial charge in [-0.25, -0.2) is 0 Å². The second-order valence-electron chi connectivity index (χ2n) is 2.86. The smallest absolute Gasteiger partial charge is 0.0857 e. The van der Waals surface area contributed by atoms with E-state index < -0.39 is 0 Å². The minimum atomic E-state index is 0.788. The Labute approximate surface area is 90.4 Å². The molecule has 0 aromatic heterocycles. The Hall–Kier alpha value is -1.96. The van der Waals surface area contributed by atoms with E-state index in [1.165, 1.54) is 0 Å². The van der Waals surface area contributed by atoms with E-state index in [1.807, 2.05) is 55.5 Å². The molecule has 2 nitrogen and oxygen atoms in total. The van der Waals surface area contributed by atoms with Crippen LogP contribution in [0.15, 0.2) is 77.1 Å². The van der Waals surface area contributed by atoms with Crippen molar-refractivity contribution >= 4 is 5.69 Å². The molecular weight excluding hydrogens is 184 g/mol. The van der Waals surface area contributed by atoms with Crippen LogP contribution in [0, 0.1) is 0 Å². The quantitative estimate of drug-likeness (QED) is 0.505. The fourth-order valence-corrected chi connectivity index (χ4v) is 1.02. The summed E-state index contributed by atoms with van der Waals surface area (Å²) in [6, 6.07) is 9.63. The lowest BCUT2D eigenvalue weighted by Gasteiger charge is -1.91. The van der Waals surface area contributed by atoms with Crippen molar-refractivity contribution in [3.63, 3.8) is 0 Å². The van der Waals surface area contributed by atoms with Crippen LogP contribution in [0.1, 0.15) is 6.92 Å². The molecule has 0 radical (unpaired) electrons. The molecule has 0 N–H and O–H groups in total. The lowest BCUT2D eigenvalue weighted by molar-refractivity contribution is 1.17. The molecule has 0 fully saturated rings. The summed E-state index contributed by atoms with van der Waals surface area (Å²) in [4.78, 5) is 0. The van der Waals surface area contributed by atoms with Crippen molar-refractivity contribution in [2.45, 2.75) is 6.92 Å². The second-order valence-corrected chi connectivity index (χ2v) is 2.86. The molecule has 0 bridgehead atoms. The van der Waals surface area contributed by atoms with Crippen molar-refractivity contribution < 1.29 is 0 Å². The summed E-state index contributed by atoms with van der Waals surface area (Å²) in [5, 5.41) is 8.20. The molecule has 0 amide bonds. The maximum atomic E-state index is 4.10. The summed E-state index contributed by atoms with van der Waals surface area (Å²) < 4.78 is 0. The minimum Gasteiger partial charge on any atom is -0.151 e. The number of azo groups is 1. The largest absolute Gasteiger partial charge is 0.151 e. The summed E-state index contributed by atoms with van der Waals surface area (Å²) in [5.74, 6) is 0. The van der Waals surface area contributed by atoms with Crippen LogP contribution in [0.4, 0.5) is 5.69 Å². The van der Waals surface area contributed by atoms with E-state index in [2.05, 4.69) is 16.8 Å². The van der Waals surface area contributed by atoms with E-state index in [0.717, 1.165) is 11.4 Å². The van der Waals surface area contributed by atoms with Gasteiger partial charge in [0.2, 0.25) is 0 Å². The molecule has 76 valence electrons. The summed E-state index contributed by atoms with van der Waals surface area (Å²) >= 11 is 0. The van der Waals surface area contributed by atoms with E-state index in [9.17, 15) is 0 Å². The molecule has 0 aliphatic rings. The van der Waals surface area contributed by atoms with Gasteiger partial charge in [0.05, 0.1) is 11.4 Å². The maximum absolute atomic E-state index is 4.10. The highest BCUT2D eigenvalue weighted by Crippen LogP contribution is 2.12. The first kappa shape index (κ1) is 11.1. The SMILES string of the molecule is C=C/C=C(\C=C/C)N=Nc1ccccc1. The van der Waals surface area contributed by atoms with Crippen molar-refractivity contribution in [2.24, 2.45) is 10.2 Å². The van der Waals surface area contributed by atoms with E-state index in [4.69, 9.17) is 0 Å². The van der Waals surface area contributed by atoms with Gasteiger partial charge in [0.1, 0.15) is 0 Å². The first-order chi connectivity index (χ1) is 7.36. The average Bonchev–Trinajstić information content (AvgIpc) is 2.28. The zero-order chi connectivity index (χ0) is 10.9. The molecule has 0 heterocycles. The molecule has 2 heteroatoms. The molecule has 0 aliphatic heterocycles. The number of hydrogen-bond donors (Lipinski definition) is 0. The van der Waals surface area contributed by atoms with Crippen LogP contribution in [0.3, 0.4) is 0 Å². The van der Waals surface area contributed by atoms with Gasteiger partial charge in [-0.15, -0.1) is 0 Å². The van der Waals surface area contributed by atoms with E-state index >= 15 is 0 Å². The summed E-state index contributed by atoms with van der Waals surface area (Å²) in [7, 11) is 0. The van der Waals surface area contributed by atoms with Gasteiger partial charge in [-0.05, 0) is 31.2 Å². The maximum Gasteiger partial charge on any atom is 0.0857 e. The van der Waals surface area contributed by atoms with Gasteiger partial charge in [0, 0.05) is 0 Å². The first-order valence-corrected chi connectivity index (χ1v) is 4.79. The fraction of sp³-hybridized carbons (Fsp3) is 0.0769. The predicted octanol–water partition coefficient (Wildman–Crippen LogP) is 4.42. The van der Waals surface area contributed by atoms with Gasteiger partial charge in [-0.3, -0.25) is 0 Å². The van der Waals surface area contributed by atoms with Crippen LogP contribution in [0.25, 0.3) is 0 Å². The van der Waals surface area contributed by atoms with Crippen LogP contribution in [-0.4, -0.2) is 0 Å². The van der Waals surface area contributed by atoms with Gasteiger partial charge < -0.3 is 0 Å². The number of hydrogen-bond acceptors (Lipinski definition) is 2. The van der Waals surface area contributed by atoms with Crippen LogP contribution < -0.4 is 0 Å². The van der Waals surface area contributed by atoms with Crippen molar-refractivity contribution in [3.8, 4) is 0 Å². The standard InChI is InChI=1S/C13H14N2/c1-3-8-12(9-4-2)14-15-13-10-6-5-7-11-13/h3-11H,1H2,2H3/b9-4-,12-8+,15-14?. The number of benzene rings is 1. The lowest BCUT2D eigenvalue weighted by Crippen LogP contribution is -1.69. The topological polar surface area (TPSA) is 24.7 Å². The number of allylic oxidation sites excluding steroid dienone is 4. The minimum absolute atomic E-state index is 0.788. The normalized spacial score (nSPS) is 12.5. The summed E-state index contributed by atoms with van der Waals surface area (Å²) in [5.41, 5.74) is 1.63. The lowest BCUT2D eigenvalue weighted by atomic mass is 10.3. The van der Waals surface area contributed by atoms with Crippen molar-refractivity contribution in [1.29, 1.82) is 0 Å². The molecule has 1 rings (SSSR count). The van der Waals surface area contributed by atoms with Gasteiger partial charge >= 0.3 is 0 Å². The molecular formula is C13H14N2. The Morgan fingerprint density at radius 3 is 2.60 bits per heavy atom. The van der Waals surface area contributed by atoms with Crippen molar-refractivity contribution in [1.82, 2.24) is 0 Å². The molecule has 15 heavy (non-hydrogen) atoms. The van der Waals surface area contributed by atoms with Crippen LogP contribution in [-0.2, 0) is 0 Å². The average molecular weight is 198 g/mol. The first-order valence-electron chi connectivity index (χ1n) is 4.79. The third-order valence-corrected chi connectivity index (χ3v) is 1.66. The highest BCUT2D eigenvalue weighted by molar-refractivity contribution is 5.35.